The molecule has 1 saturated heterocycles. The summed E-state index contributed by atoms with van der Waals surface area (Å²) in [7, 11) is 0. The Morgan fingerprint density at radius 3 is 2.88 bits per heavy atom. The van der Waals surface area contributed by atoms with Crippen LogP contribution < -0.4 is 11.5 Å². The summed E-state index contributed by atoms with van der Waals surface area (Å²) in [6, 6.07) is 5.92. The molecule has 0 bridgehead atoms. The van der Waals surface area contributed by atoms with Crippen LogP contribution in [0.1, 0.15) is 18.4 Å². The summed E-state index contributed by atoms with van der Waals surface area (Å²) in [4.78, 5) is 2.28. The third-order valence-corrected chi connectivity index (χ3v) is 3.25. The van der Waals surface area contributed by atoms with Gasteiger partial charge < -0.3 is 16.6 Å². The Balaban J connectivity index is 2.08. The fraction of sp³-hybridized carbons (Fsp3) is 0.500. The molecule has 4 nitrogen and oxygen atoms in total. The van der Waals surface area contributed by atoms with E-state index in [2.05, 4.69) is 4.90 Å². The Hall–Kier alpha value is -1.26. The summed E-state index contributed by atoms with van der Waals surface area (Å²) < 4.78 is 0. The van der Waals surface area contributed by atoms with E-state index in [0.717, 1.165) is 37.2 Å². The zero-order chi connectivity index (χ0) is 11.5. The van der Waals surface area contributed by atoms with E-state index in [9.17, 15) is 5.11 Å². The minimum Gasteiger partial charge on any atom is -0.399 e. The summed E-state index contributed by atoms with van der Waals surface area (Å²) in [5.74, 6) is 0. The maximum absolute atomic E-state index is 9.23. The van der Waals surface area contributed by atoms with E-state index in [-0.39, 0.29) is 12.6 Å². The molecule has 1 atom stereocenters. The van der Waals surface area contributed by atoms with Crippen LogP contribution in [0, 0.1) is 0 Å². The van der Waals surface area contributed by atoms with Crippen molar-refractivity contribution in [3.8, 4) is 0 Å². The molecule has 1 aromatic carbocycles. The second-order valence-electron chi connectivity index (χ2n) is 4.41. The number of anilines is 2. The molecule has 0 radical (unpaired) electrons. The normalized spacial score (nSPS) is 21.4. The Morgan fingerprint density at radius 2 is 2.19 bits per heavy atom. The van der Waals surface area contributed by atoms with Gasteiger partial charge in [-0.15, -0.1) is 0 Å². The van der Waals surface area contributed by atoms with Gasteiger partial charge in [0.15, 0.2) is 0 Å². The summed E-state index contributed by atoms with van der Waals surface area (Å²) in [6.07, 6.45) is 2.23. The number of aliphatic hydroxyl groups excluding tert-OH is 1. The van der Waals surface area contributed by atoms with E-state index in [4.69, 9.17) is 11.5 Å². The molecule has 0 aliphatic carbocycles. The summed E-state index contributed by atoms with van der Waals surface area (Å²) in [5.41, 5.74) is 14.1. The molecule has 5 N–H and O–H groups in total. The van der Waals surface area contributed by atoms with E-state index >= 15 is 0 Å². The molecule has 0 aromatic heterocycles. The number of nitrogen functional groups attached to an aromatic ring is 2. The molecule has 2 rings (SSSR count). The second kappa shape index (κ2) is 4.72. The molecule has 0 spiro atoms. The molecule has 1 aliphatic heterocycles. The first kappa shape index (κ1) is 11.2. The van der Waals surface area contributed by atoms with Crippen LogP contribution in [0.4, 0.5) is 11.4 Å². The number of hydrogen-bond donors (Lipinski definition) is 3. The quantitative estimate of drug-likeness (QED) is 0.660. The van der Waals surface area contributed by atoms with Gasteiger partial charge >= 0.3 is 0 Å². The predicted molar refractivity (Wildman–Crippen MR) is 65.8 cm³/mol. The Labute approximate surface area is 95.8 Å². The van der Waals surface area contributed by atoms with Gasteiger partial charge in [-0.25, -0.2) is 0 Å². The molecule has 1 aliphatic rings. The van der Waals surface area contributed by atoms with Crippen LogP contribution >= 0.6 is 0 Å². The molecule has 1 heterocycles. The zero-order valence-electron chi connectivity index (χ0n) is 9.39. The minimum absolute atomic E-state index is 0.231. The second-order valence-corrected chi connectivity index (χ2v) is 4.41. The lowest BCUT2D eigenvalue weighted by atomic mass is 10.1. The van der Waals surface area contributed by atoms with Gasteiger partial charge in [0.25, 0.3) is 0 Å². The largest absolute Gasteiger partial charge is 0.399 e. The maximum atomic E-state index is 9.23. The highest BCUT2D eigenvalue weighted by Gasteiger charge is 2.23. The highest BCUT2D eigenvalue weighted by molar-refractivity contribution is 5.56. The maximum Gasteiger partial charge on any atom is 0.0587 e. The van der Waals surface area contributed by atoms with E-state index in [1.54, 1.807) is 6.07 Å². The predicted octanol–water partition coefficient (Wildman–Crippen LogP) is 0.808. The standard InChI is InChI=1S/C12H19N3O/c13-10-4-3-9(12(14)6-10)7-15-5-1-2-11(15)8-16/h3-4,6,11,16H,1-2,5,7-8,13-14H2. The van der Waals surface area contributed by atoms with Crippen LogP contribution in [0.5, 0.6) is 0 Å². The number of rotatable bonds is 3. The number of likely N-dealkylation sites (tertiary alicyclic amines) is 1. The lowest BCUT2D eigenvalue weighted by Gasteiger charge is -2.23. The summed E-state index contributed by atoms with van der Waals surface area (Å²) in [6.45, 7) is 2.07. The first-order valence-electron chi connectivity index (χ1n) is 5.69. The monoisotopic (exact) mass is 221 g/mol. The molecule has 1 aromatic rings. The number of benzene rings is 1. The Morgan fingerprint density at radius 1 is 1.38 bits per heavy atom. The van der Waals surface area contributed by atoms with Crippen molar-refractivity contribution in [1.29, 1.82) is 0 Å². The Kier molecular flexibility index (Phi) is 3.31. The highest BCUT2D eigenvalue weighted by Crippen LogP contribution is 2.23. The van der Waals surface area contributed by atoms with Crippen molar-refractivity contribution >= 4 is 11.4 Å². The van der Waals surface area contributed by atoms with Gasteiger partial charge in [-0.1, -0.05) is 6.07 Å². The lowest BCUT2D eigenvalue weighted by molar-refractivity contribution is 0.154. The van der Waals surface area contributed by atoms with Crippen molar-refractivity contribution in [3.63, 3.8) is 0 Å². The molecule has 1 unspecified atom stereocenters. The van der Waals surface area contributed by atoms with Crippen LogP contribution in [-0.2, 0) is 6.54 Å². The third-order valence-electron chi connectivity index (χ3n) is 3.25. The molecule has 88 valence electrons. The van der Waals surface area contributed by atoms with Crippen molar-refractivity contribution in [1.82, 2.24) is 4.90 Å². The fourth-order valence-electron chi connectivity index (χ4n) is 2.29. The van der Waals surface area contributed by atoms with Crippen LogP contribution in [-0.4, -0.2) is 29.2 Å². The van der Waals surface area contributed by atoms with Crippen molar-refractivity contribution in [2.24, 2.45) is 0 Å². The smallest absolute Gasteiger partial charge is 0.0587 e. The van der Waals surface area contributed by atoms with E-state index in [0.29, 0.717) is 5.69 Å². The van der Waals surface area contributed by atoms with Crippen molar-refractivity contribution in [3.05, 3.63) is 23.8 Å². The zero-order valence-corrected chi connectivity index (χ0v) is 9.39. The van der Waals surface area contributed by atoms with E-state index < -0.39 is 0 Å². The van der Waals surface area contributed by atoms with E-state index in [1.807, 2.05) is 12.1 Å². The molecule has 0 saturated carbocycles. The number of nitrogens with two attached hydrogens (primary N) is 2. The van der Waals surface area contributed by atoms with Crippen LogP contribution in [0.2, 0.25) is 0 Å². The fourth-order valence-corrected chi connectivity index (χ4v) is 2.29. The van der Waals surface area contributed by atoms with Crippen LogP contribution in [0.25, 0.3) is 0 Å². The summed E-state index contributed by atoms with van der Waals surface area (Å²) in [5, 5.41) is 9.23. The third kappa shape index (κ3) is 2.28. The first-order valence-corrected chi connectivity index (χ1v) is 5.69. The SMILES string of the molecule is Nc1ccc(CN2CCCC2CO)c(N)c1. The Bertz CT molecular complexity index is 367. The van der Waals surface area contributed by atoms with Gasteiger partial charge in [-0.05, 0) is 37.1 Å². The highest BCUT2D eigenvalue weighted by atomic mass is 16.3. The van der Waals surface area contributed by atoms with Crippen molar-refractivity contribution < 1.29 is 5.11 Å². The average molecular weight is 221 g/mol. The van der Waals surface area contributed by atoms with Gasteiger partial charge in [0, 0.05) is 24.0 Å². The van der Waals surface area contributed by atoms with Crippen molar-refractivity contribution in [2.75, 3.05) is 24.6 Å². The van der Waals surface area contributed by atoms with Gasteiger partial charge in [-0.3, -0.25) is 4.90 Å². The molecule has 16 heavy (non-hydrogen) atoms. The molecule has 1 fully saturated rings. The van der Waals surface area contributed by atoms with Gasteiger partial charge in [0.05, 0.1) is 6.61 Å². The minimum atomic E-state index is 0.231. The number of nitrogens with zero attached hydrogens (tertiary/aromatic N) is 1. The topological polar surface area (TPSA) is 75.5 Å². The van der Waals surface area contributed by atoms with Gasteiger partial charge in [0.2, 0.25) is 0 Å². The van der Waals surface area contributed by atoms with E-state index in [1.165, 1.54) is 0 Å². The molecular weight excluding hydrogens is 202 g/mol. The van der Waals surface area contributed by atoms with Gasteiger partial charge in [-0.2, -0.15) is 0 Å². The van der Waals surface area contributed by atoms with Crippen molar-refractivity contribution in [2.45, 2.75) is 25.4 Å². The van der Waals surface area contributed by atoms with Crippen LogP contribution in [0.15, 0.2) is 18.2 Å². The number of aliphatic hydroxyl groups is 1. The molecular formula is C12H19N3O. The van der Waals surface area contributed by atoms with Gasteiger partial charge in [0.1, 0.15) is 0 Å². The van der Waals surface area contributed by atoms with Crippen LogP contribution in [0.3, 0.4) is 0 Å². The summed E-state index contributed by atoms with van der Waals surface area (Å²) >= 11 is 0. The number of hydrogen-bond acceptors (Lipinski definition) is 4. The average Bonchev–Trinajstić information content (AvgIpc) is 2.69. The first-order chi connectivity index (χ1) is 7.70. The lowest BCUT2D eigenvalue weighted by Crippen LogP contribution is -2.31. The molecule has 0 amide bonds. The molecule has 4 heteroatoms.